The number of hydrogen-bond acceptors (Lipinski definition) is 6. The van der Waals surface area contributed by atoms with Crippen molar-refractivity contribution in [3.05, 3.63) is 65.5 Å². The largest absolute Gasteiger partial charge is 0.349 e. The zero-order valence-corrected chi connectivity index (χ0v) is 28.0. The highest BCUT2D eigenvalue weighted by atomic mass is 31.0. The number of unbranched alkanes of at least 4 members (excludes halogenated alkanes) is 1. The summed E-state index contributed by atoms with van der Waals surface area (Å²) in [7, 11) is 2.35. The molecule has 3 aliphatic heterocycles. The first-order chi connectivity index (χ1) is 21.9. The number of hydrogen-bond donors (Lipinski definition) is 3. The molecule has 7 rings (SSSR count). The van der Waals surface area contributed by atoms with Crippen molar-refractivity contribution in [2.75, 3.05) is 32.7 Å². The predicted molar refractivity (Wildman–Crippen MR) is 183 cm³/mol. The van der Waals surface area contributed by atoms with Crippen LogP contribution in [0.4, 0.5) is 4.39 Å². The Balaban J connectivity index is 1.12. The standard InChI is InChI=1S/C36H54FN6OP/c37-36(45)17-13-28(14-18-36)35(44)41-30(26-8-2-1-3-9-26)16-23-43-29-15-21-39-31(33(43)24-29)25-42(22-5-4-19-38)32-12-6-10-27-11-7-20-40-34(27)32/h1-3,7-9,11,20,28-33,39H,4-6,10,12-19,21-25,38,45H2,(H,41,44)/t28?,29-,30+,31?,32+,33-,36?/m1/s1. The average Bonchev–Trinajstić information content (AvgIpc) is 3.36. The van der Waals surface area contributed by atoms with Crippen molar-refractivity contribution in [3.8, 4) is 0 Å². The van der Waals surface area contributed by atoms with Gasteiger partial charge >= 0.3 is 0 Å². The van der Waals surface area contributed by atoms with E-state index in [0.717, 1.165) is 64.0 Å². The van der Waals surface area contributed by atoms with Crippen LogP contribution in [0.2, 0.25) is 0 Å². The Kier molecular flexibility index (Phi) is 11.2. The third kappa shape index (κ3) is 8.13. The van der Waals surface area contributed by atoms with Crippen LogP contribution in [0.1, 0.15) is 99.5 Å². The van der Waals surface area contributed by atoms with Crippen molar-refractivity contribution in [2.45, 2.75) is 113 Å². The van der Waals surface area contributed by atoms with Gasteiger partial charge in [-0.1, -0.05) is 45.6 Å². The van der Waals surface area contributed by atoms with E-state index in [2.05, 4.69) is 66.1 Å². The molecule has 2 aromatic rings. The highest BCUT2D eigenvalue weighted by Gasteiger charge is 2.45. The van der Waals surface area contributed by atoms with Crippen molar-refractivity contribution in [3.63, 3.8) is 0 Å². The van der Waals surface area contributed by atoms with Gasteiger partial charge in [0.15, 0.2) is 0 Å². The summed E-state index contributed by atoms with van der Waals surface area (Å²) in [5.41, 5.74) is 9.76. The third-order valence-electron chi connectivity index (χ3n) is 11.1. The number of nitrogens with zero attached hydrogens (tertiary/aromatic N) is 3. The maximum absolute atomic E-state index is 14.4. The first kappa shape index (κ1) is 33.0. The van der Waals surface area contributed by atoms with E-state index in [4.69, 9.17) is 10.7 Å². The lowest BCUT2D eigenvalue weighted by atomic mass is 9.85. The van der Waals surface area contributed by atoms with Crippen molar-refractivity contribution in [2.24, 2.45) is 11.7 Å². The molecular formula is C36H54FN6OP. The zero-order valence-electron chi connectivity index (χ0n) is 26.9. The van der Waals surface area contributed by atoms with Crippen LogP contribution in [-0.2, 0) is 11.2 Å². The van der Waals surface area contributed by atoms with Gasteiger partial charge in [-0.25, -0.2) is 4.39 Å². The Bertz CT molecular complexity index is 1240. The van der Waals surface area contributed by atoms with E-state index in [1.54, 1.807) is 0 Å². The van der Waals surface area contributed by atoms with Gasteiger partial charge in [-0.3, -0.25) is 19.6 Å². The lowest BCUT2D eigenvalue weighted by Crippen LogP contribution is -2.63. The van der Waals surface area contributed by atoms with Crippen LogP contribution in [0.25, 0.3) is 0 Å². The zero-order chi connectivity index (χ0) is 31.2. The molecule has 4 N–H and O–H groups in total. The number of aromatic nitrogens is 1. The molecule has 4 heterocycles. The number of alkyl halides is 1. The number of benzene rings is 1. The molecule has 3 saturated heterocycles. The molecule has 2 aliphatic carbocycles. The van der Waals surface area contributed by atoms with Gasteiger partial charge in [0.25, 0.3) is 0 Å². The van der Waals surface area contributed by atoms with E-state index in [1.165, 1.54) is 36.9 Å². The summed E-state index contributed by atoms with van der Waals surface area (Å²) in [5, 5.41) is 6.14. The molecule has 246 valence electrons. The SMILES string of the molecule is NCCCCN(CC1NCC[C@@H]2C[C@H]1N2CC[C@H](NC(=O)C1CCC(F)(P)CC1)c1ccccc1)[C@H]1CCCc2cccnc21. The number of halogens is 1. The number of carbonyl (C=O) groups is 1. The Hall–Kier alpha value is -1.96. The Morgan fingerprint density at radius 2 is 1.98 bits per heavy atom. The lowest BCUT2D eigenvalue weighted by Gasteiger charge is -2.51. The van der Waals surface area contributed by atoms with Crippen LogP contribution in [0.3, 0.4) is 0 Å². The predicted octanol–water partition coefficient (Wildman–Crippen LogP) is 5.28. The fourth-order valence-electron chi connectivity index (χ4n) is 8.43. The second-order valence-electron chi connectivity index (χ2n) is 14.1. The highest BCUT2D eigenvalue weighted by Crippen LogP contribution is 2.41. The number of carbonyl (C=O) groups excluding carboxylic acids is 1. The Morgan fingerprint density at radius 3 is 2.78 bits per heavy atom. The van der Waals surface area contributed by atoms with Gasteiger partial charge < -0.3 is 16.4 Å². The van der Waals surface area contributed by atoms with Gasteiger partial charge in [-0.2, -0.15) is 0 Å². The average molecular weight is 637 g/mol. The van der Waals surface area contributed by atoms with Gasteiger partial charge in [-0.05, 0) is 114 Å². The van der Waals surface area contributed by atoms with Crippen molar-refractivity contribution in [1.29, 1.82) is 0 Å². The number of amides is 1. The summed E-state index contributed by atoms with van der Waals surface area (Å²) in [6.45, 7) is 4.81. The lowest BCUT2D eigenvalue weighted by molar-refractivity contribution is -0.127. The van der Waals surface area contributed by atoms with Crippen molar-refractivity contribution < 1.29 is 9.18 Å². The molecule has 45 heavy (non-hydrogen) atoms. The summed E-state index contributed by atoms with van der Waals surface area (Å²) in [4.78, 5) is 23.7. The van der Waals surface area contributed by atoms with E-state index >= 15 is 0 Å². The summed E-state index contributed by atoms with van der Waals surface area (Å²) in [6, 6.07) is 16.6. The molecule has 6 atom stereocenters. The minimum atomic E-state index is -1.22. The first-order valence-electron chi connectivity index (χ1n) is 17.6. The topological polar surface area (TPSA) is 86.5 Å². The minimum absolute atomic E-state index is 0.0431. The van der Waals surface area contributed by atoms with E-state index in [9.17, 15) is 9.18 Å². The maximum atomic E-state index is 14.4. The highest BCUT2D eigenvalue weighted by molar-refractivity contribution is 7.18. The van der Waals surface area contributed by atoms with Crippen LogP contribution >= 0.6 is 9.24 Å². The van der Waals surface area contributed by atoms with Gasteiger partial charge in [-0.15, -0.1) is 0 Å². The smallest absolute Gasteiger partial charge is 0.223 e. The molecule has 4 fully saturated rings. The molecular weight excluding hydrogens is 582 g/mol. The van der Waals surface area contributed by atoms with Gasteiger partial charge in [0.1, 0.15) is 5.41 Å². The third-order valence-corrected chi connectivity index (χ3v) is 11.7. The molecule has 0 spiro atoms. The fourth-order valence-corrected chi connectivity index (χ4v) is 8.76. The quantitative estimate of drug-likeness (QED) is 0.205. The van der Waals surface area contributed by atoms with E-state index < -0.39 is 5.41 Å². The number of pyridine rings is 1. The molecule has 1 aromatic carbocycles. The summed E-state index contributed by atoms with van der Waals surface area (Å²) >= 11 is 0. The van der Waals surface area contributed by atoms with E-state index in [0.29, 0.717) is 49.9 Å². The number of aryl methyl sites for hydroxylation is 1. The molecule has 7 nitrogen and oxygen atoms in total. The Morgan fingerprint density at radius 1 is 1.16 bits per heavy atom. The normalized spacial score (nSPS) is 30.6. The maximum Gasteiger partial charge on any atom is 0.223 e. The number of rotatable bonds is 13. The molecule has 1 aromatic heterocycles. The van der Waals surface area contributed by atoms with Crippen molar-refractivity contribution >= 4 is 15.1 Å². The molecule has 1 amide bonds. The van der Waals surface area contributed by atoms with Crippen LogP contribution in [0, 0.1) is 5.92 Å². The fraction of sp³-hybridized carbons (Fsp3) is 0.667. The van der Waals surface area contributed by atoms with Gasteiger partial charge in [0.2, 0.25) is 5.91 Å². The van der Waals surface area contributed by atoms with Crippen LogP contribution < -0.4 is 16.4 Å². The van der Waals surface area contributed by atoms with Gasteiger partial charge in [0.05, 0.1) is 17.8 Å². The van der Waals surface area contributed by atoms with Crippen LogP contribution in [0.15, 0.2) is 48.7 Å². The monoisotopic (exact) mass is 636 g/mol. The van der Waals surface area contributed by atoms with Crippen LogP contribution in [-0.4, -0.2) is 77.0 Å². The van der Waals surface area contributed by atoms with Crippen LogP contribution in [0.5, 0.6) is 0 Å². The molecule has 9 heteroatoms. The molecule has 2 bridgehead atoms. The first-order valence-corrected chi connectivity index (χ1v) is 18.2. The molecule has 5 aliphatic rings. The number of fused-ring (bicyclic) bond motifs is 4. The molecule has 1 saturated carbocycles. The Labute approximate surface area is 271 Å². The number of nitrogens with two attached hydrogens (primary N) is 1. The van der Waals surface area contributed by atoms with Crippen molar-refractivity contribution in [1.82, 2.24) is 25.4 Å². The number of nitrogens with one attached hydrogen (secondary N) is 2. The summed E-state index contributed by atoms with van der Waals surface area (Å²) in [6.07, 6.45) is 13.0. The molecule has 0 radical (unpaired) electrons. The minimum Gasteiger partial charge on any atom is -0.349 e. The van der Waals surface area contributed by atoms with Gasteiger partial charge in [0, 0.05) is 43.3 Å². The van der Waals surface area contributed by atoms with E-state index in [1.807, 2.05) is 12.3 Å². The summed E-state index contributed by atoms with van der Waals surface area (Å²) < 4.78 is 14.4. The molecule has 2 unspecified atom stereocenters. The second-order valence-corrected chi connectivity index (χ2v) is 15.1. The van der Waals surface area contributed by atoms with E-state index in [-0.39, 0.29) is 17.9 Å². The second kappa shape index (κ2) is 15.3. The summed E-state index contributed by atoms with van der Waals surface area (Å²) in [5.74, 6) is -0.0233.